The SMILES string of the molecule is COc1ccc2c(c1)c([C@@H](C(=O)O)N1CCN(CC(=O)N(C)C)CC1)cn2CC(=O)O. The van der Waals surface area contributed by atoms with Gasteiger partial charge in [-0.2, -0.15) is 0 Å². The molecule has 0 aliphatic carbocycles. The Morgan fingerprint density at radius 1 is 1.10 bits per heavy atom. The number of nitrogens with zero attached hydrogens (tertiary/aromatic N) is 4. The molecular formula is C21H28N4O6. The number of aromatic nitrogens is 1. The van der Waals surface area contributed by atoms with Crippen molar-refractivity contribution in [1.82, 2.24) is 19.3 Å². The minimum absolute atomic E-state index is 0.00655. The molecule has 10 heteroatoms. The molecule has 0 saturated carbocycles. The van der Waals surface area contributed by atoms with Crippen molar-refractivity contribution in [2.75, 3.05) is 53.9 Å². The zero-order chi connectivity index (χ0) is 22.7. The van der Waals surface area contributed by atoms with Crippen LogP contribution in [0.5, 0.6) is 5.75 Å². The predicted molar refractivity (Wildman–Crippen MR) is 113 cm³/mol. The van der Waals surface area contributed by atoms with E-state index in [0.29, 0.717) is 54.9 Å². The first-order chi connectivity index (χ1) is 14.7. The number of piperazine rings is 1. The molecule has 10 nitrogen and oxygen atoms in total. The number of benzene rings is 1. The van der Waals surface area contributed by atoms with Gasteiger partial charge >= 0.3 is 11.9 Å². The molecule has 2 heterocycles. The van der Waals surface area contributed by atoms with Crippen molar-refractivity contribution in [3.8, 4) is 5.75 Å². The van der Waals surface area contributed by atoms with Crippen LogP contribution in [-0.2, 0) is 20.9 Å². The molecule has 31 heavy (non-hydrogen) atoms. The molecule has 3 rings (SSSR count). The maximum absolute atomic E-state index is 12.3. The van der Waals surface area contributed by atoms with E-state index in [0.717, 1.165) is 0 Å². The van der Waals surface area contributed by atoms with Gasteiger partial charge in [-0.3, -0.25) is 24.2 Å². The van der Waals surface area contributed by atoms with Gasteiger partial charge in [-0.05, 0) is 18.2 Å². The number of likely N-dealkylation sites (N-methyl/N-ethyl adjacent to an activating group) is 1. The molecule has 168 valence electrons. The number of carboxylic acid groups (broad SMARTS) is 2. The third kappa shape index (κ3) is 4.97. The van der Waals surface area contributed by atoms with Gasteiger partial charge in [-0.1, -0.05) is 0 Å². The summed E-state index contributed by atoms with van der Waals surface area (Å²) < 4.78 is 6.84. The van der Waals surface area contributed by atoms with Crippen LogP contribution in [0.2, 0.25) is 0 Å². The number of rotatable bonds is 8. The lowest BCUT2D eigenvalue weighted by Crippen LogP contribution is -2.51. The number of aliphatic carboxylic acids is 2. The summed E-state index contributed by atoms with van der Waals surface area (Å²) in [5.74, 6) is -1.44. The number of fused-ring (bicyclic) bond motifs is 1. The summed E-state index contributed by atoms with van der Waals surface area (Å²) in [6.07, 6.45) is 1.61. The van der Waals surface area contributed by atoms with Gasteiger partial charge in [0, 0.05) is 62.9 Å². The maximum atomic E-state index is 12.3. The quantitative estimate of drug-likeness (QED) is 0.622. The van der Waals surface area contributed by atoms with Crippen molar-refractivity contribution < 1.29 is 29.3 Å². The van der Waals surface area contributed by atoms with Crippen molar-refractivity contribution in [2.45, 2.75) is 12.6 Å². The Bertz CT molecular complexity index is 978. The summed E-state index contributed by atoms with van der Waals surface area (Å²) in [6, 6.07) is 4.27. The van der Waals surface area contributed by atoms with Gasteiger partial charge in [0.25, 0.3) is 0 Å². The molecule has 0 unspecified atom stereocenters. The molecular weight excluding hydrogens is 404 g/mol. The van der Waals surface area contributed by atoms with Crippen molar-refractivity contribution in [3.05, 3.63) is 30.0 Å². The Morgan fingerprint density at radius 2 is 1.77 bits per heavy atom. The Kier molecular flexibility index (Phi) is 6.81. The van der Waals surface area contributed by atoms with Gasteiger partial charge in [0.1, 0.15) is 18.3 Å². The largest absolute Gasteiger partial charge is 0.497 e. The normalized spacial score (nSPS) is 16.2. The van der Waals surface area contributed by atoms with E-state index in [1.54, 1.807) is 43.1 Å². The first-order valence-electron chi connectivity index (χ1n) is 9.99. The molecule has 1 fully saturated rings. The van der Waals surface area contributed by atoms with Gasteiger partial charge in [-0.15, -0.1) is 0 Å². The lowest BCUT2D eigenvalue weighted by molar-refractivity contribution is -0.145. The topological polar surface area (TPSA) is 116 Å². The summed E-state index contributed by atoms with van der Waals surface area (Å²) in [7, 11) is 4.94. The first kappa shape index (κ1) is 22.6. The number of ether oxygens (including phenoxy) is 1. The molecule has 1 aromatic heterocycles. The highest BCUT2D eigenvalue weighted by atomic mass is 16.5. The molecule has 0 radical (unpaired) electrons. The van der Waals surface area contributed by atoms with Crippen molar-refractivity contribution in [2.24, 2.45) is 0 Å². The predicted octanol–water partition coefficient (Wildman–Crippen LogP) is 0.566. The Balaban J connectivity index is 1.90. The van der Waals surface area contributed by atoms with Crippen LogP contribution in [-0.4, -0.2) is 101 Å². The van der Waals surface area contributed by atoms with Gasteiger partial charge in [0.2, 0.25) is 5.91 Å². The summed E-state index contributed by atoms with van der Waals surface area (Å²) in [6.45, 7) is 2.13. The molecule has 2 aromatic rings. The highest BCUT2D eigenvalue weighted by Gasteiger charge is 2.33. The fraction of sp³-hybridized carbons (Fsp3) is 0.476. The maximum Gasteiger partial charge on any atom is 0.325 e. The van der Waals surface area contributed by atoms with Gasteiger partial charge in [0.15, 0.2) is 0 Å². The molecule has 0 bridgehead atoms. The number of carboxylic acids is 2. The summed E-state index contributed by atoms with van der Waals surface area (Å²) in [4.78, 5) is 41.0. The molecule has 1 aromatic carbocycles. The molecule has 2 N–H and O–H groups in total. The zero-order valence-electron chi connectivity index (χ0n) is 17.9. The van der Waals surface area contributed by atoms with Crippen LogP contribution in [0.25, 0.3) is 10.9 Å². The molecule has 1 aliphatic heterocycles. The number of amides is 1. The standard InChI is InChI=1S/C21H28N4O6/c1-22(2)18(26)12-23-6-8-24(9-7-23)20(21(29)30)16-11-25(13-19(27)28)17-5-4-14(31-3)10-15(16)17/h4-5,10-11,20H,6-9,12-13H2,1-3H3,(H,27,28)(H,29,30)/t20-/m0/s1. The van der Waals surface area contributed by atoms with Gasteiger partial charge < -0.3 is 24.4 Å². The van der Waals surface area contributed by atoms with Gasteiger partial charge in [0.05, 0.1) is 13.7 Å². The zero-order valence-corrected chi connectivity index (χ0v) is 17.9. The Hall–Kier alpha value is -3.11. The van der Waals surface area contributed by atoms with E-state index in [1.807, 2.05) is 9.80 Å². The number of carbonyl (C=O) groups excluding carboxylic acids is 1. The van der Waals surface area contributed by atoms with E-state index in [4.69, 9.17) is 4.74 Å². The van der Waals surface area contributed by atoms with E-state index in [1.165, 1.54) is 12.0 Å². The average molecular weight is 432 g/mol. The van der Waals surface area contributed by atoms with Crippen LogP contribution in [0.1, 0.15) is 11.6 Å². The Labute approximate surface area is 180 Å². The van der Waals surface area contributed by atoms with Crippen LogP contribution in [0.15, 0.2) is 24.4 Å². The third-order valence-corrected chi connectivity index (χ3v) is 5.58. The van der Waals surface area contributed by atoms with Crippen LogP contribution in [0.4, 0.5) is 0 Å². The number of hydrogen-bond donors (Lipinski definition) is 2. The van der Waals surface area contributed by atoms with Crippen molar-refractivity contribution in [3.63, 3.8) is 0 Å². The van der Waals surface area contributed by atoms with Crippen molar-refractivity contribution in [1.29, 1.82) is 0 Å². The molecule has 1 atom stereocenters. The van der Waals surface area contributed by atoms with E-state index in [-0.39, 0.29) is 12.5 Å². The lowest BCUT2D eigenvalue weighted by atomic mass is 10.0. The first-order valence-corrected chi connectivity index (χ1v) is 9.99. The van der Waals surface area contributed by atoms with Gasteiger partial charge in [-0.25, -0.2) is 0 Å². The summed E-state index contributed by atoms with van der Waals surface area (Å²) in [5.41, 5.74) is 1.17. The second kappa shape index (κ2) is 9.36. The molecule has 1 amide bonds. The highest BCUT2D eigenvalue weighted by molar-refractivity contribution is 5.91. The second-order valence-electron chi connectivity index (χ2n) is 7.83. The van der Waals surface area contributed by atoms with E-state index in [2.05, 4.69) is 0 Å². The van der Waals surface area contributed by atoms with Crippen LogP contribution < -0.4 is 4.74 Å². The van der Waals surface area contributed by atoms with Crippen LogP contribution in [0.3, 0.4) is 0 Å². The summed E-state index contributed by atoms with van der Waals surface area (Å²) in [5, 5.41) is 20.0. The summed E-state index contributed by atoms with van der Waals surface area (Å²) >= 11 is 0. The van der Waals surface area contributed by atoms with Crippen LogP contribution in [0, 0.1) is 0 Å². The average Bonchev–Trinajstić information content (AvgIpc) is 3.05. The lowest BCUT2D eigenvalue weighted by Gasteiger charge is -2.37. The monoisotopic (exact) mass is 432 g/mol. The van der Waals surface area contributed by atoms with Crippen molar-refractivity contribution >= 4 is 28.7 Å². The Morgan fingerprint density at radius 3 is 2.32 bits per heavy atom. The van der Waals surface area contributed by atoms with E-state index >= 15 is 0 Å². The minimum Gasteiger partial charge on any atom is -0.497 e. The number of methoxy groups -OCH3 is 1. The molecule has 0 spiro atoms. The van der Waals surface area contributed by atoms with E-state index in [9.17, 15) is 24.6 Å². The third-order valence-electron chi connectivity index (χ3n) is 5.58. The fourth-order valence-electron chi connectivity index (χ4n) is 3.92. The number of hydrogen-bond acceptors (Lipinski definition) is 6. The van der Waals surface area contributed by atoms with E-state index < -0.39 is 18.0 Å². The molecule has 1 aliphatic rings. The smallest absolute Gasteiger partial charge is 0.325 e. The number of carbonyl (C=O) groups is 3. The highest BCUT2D eigenvalue weighted by Crippen LogP contribution is 2.33. The van der Waals surface area contributed by atoms with Crippen LogP contribution >= 0.6 is 0 Å². The fourth-order valence-corrected chi connectivity index (χ4v) is 3.92. The second-order valence-corrected chi connectivity index (χ2v) is 7.83. The minimum atomic E-state index is -1.01. The molecule has 1 saturated heterocycles.